The maximum atomic E-state index is 13.4. The van der Waals surface area contributed by atoms with Crippen LogP contribution in [0.1, 0.15) is 31.9 Å². The van der Waals surface area contributed by atoms with Crippen molar-refractivity contribution in [2.45, 2.75) is 32.9 Å². The molecule has 0 atom stereocenters. The van der Waals surface area contributed by atoms with Crippen LogP contribution in [0.4, 0.5) is 4.39 Å². The van der Waals surface area contributed by atoms with Gasteiger partial charge in [-0.15, -0.1) is 0 Å². The zero-order chi connectivity index (χ0) is 19.4. The standard InChI is InChI=1S/C21H25FN2O3/c1-4-24(13-15-6-5-7-17(22)10-15)20(25)12-23-21(2,3)16-8-9-18-19(11-16)27-14-26-18/h5-11,23H,4,12-14H2,1-3H3. The van der Waals surface area contributed by atoms with E-state index in [0.29, 0.717) is 13.1 Å². The van der Waals surface area contributed by atoms with Crippen molar-refractivity contribution in [3.05, 3.63) is 59.4 Å². The number of benzene rings is 2. The van der Waals surface area contributed by atoms with E-state index in [9.17, 15) is 9.18 Å². The molecule has 3 rings (SSSR count). The van der Waals surface area contributed by atoms with Crippen LogP contribution in [0.3, 0.4) is 0 Å². The third-order valence-electron chi connectivity index (χ3n) is 4.77. The van der Waals surface area contributed by atoms with Crippen LogP contribution < -0.4 is 14.8 Å². The van der Waals surface area contributed by atoms with E-state index in [-0.39, 0.29) is 25.1 Å². The number of hydrogen-bond donors (Lipinski definition) is 1. The predicted molar refractivity (Wildman–Crippen MR) is 101 cm³/mol. The topological polar surface area (TPSA) is 50.8 Å². The molecule has 0 saturated carbocycles. The molecule has 0 spiro atoms. The van der Waals surface area contributed by atoms with Crippen LogP contribution in [0, 0.1) is 5.82 Å². The van der Waals surface area contributed by atoms with Crippen molar-refractivity contribution in [1.29, 1.82) is 0 Å². The second kappa shape index (κ2) is 7.96. The molecule has 0 aliphatic carbocycles. The molecule has 0 unspecified atom stereocenters. The highest BCUT2D eigenvalue weighted by molar-refractivity contribution is 5.78. The molecule has 144 valence electrons. The van der Waals surface area contributed by atoms with Gasteiger partial charge in [0.25, 0.3) is 0 Å². The number of hydrogen-bond acceptors (Lipinski definition) is 4. The van der Waals surface area contributed by atoms with Gasteiger partial charge in [0.05, 0.1) is 6.54 Å². The number of ether oxygens (including phenoxy) is 2. The third-order valence-corrected chi connectivity index (χ3v) is 4.77. The van der Waals surface area contributed by atoms with Gasteiger partial charge in [-0.1, -0.05) is 18.2 Å². The van der Waals surface area contributed by atoms with E-state index < -0.39 is 5.54 Å². The Labute approximate surface area is 159 Å². The highest BCUT2D eigenvalue weighted by atomic mass is 19.1. The molecule has 0 aromatic heterocycles. The molecular formula is C21H25FN2O3. The molecule has 0 bridgehead atoms. The molecule has 0 fully saturated rings. The second-order valence-electron chi connectivity index (χ2n) is 7.08. The fourth-order valence-electron chi connectivity index (χ4n) is 3.03. The van der Waals surface area contributed by atoms with Crippen molar-refractivity contribution >= 4 is 5.91 Å². The molecule has 5 nitrogen and oxygen atoms in total. The van der Waals surface area contributed by atoms with E-state index in [1.165, 1.54) is 12.1 Å². The molecule has 0 saturated heterocycles. The zero-order valence-electron chi connectivity index (χ0n) is 15.9. The van der Waals surface area contributed by atoms with Crippen molar-refractivity contribution in [1.82, 2.24) is 10.2 Å². The van der Waals surface area contributed by atoms with Crippen molar-refractivity contribution in [3.8, 4) is 11.5 Å². The van der Waals surface area contributed by atoms with Crippen LogP contribution in [-0.2, 0) is 16.9 Å². The first-order valence-electron chi connectivity index (χ1n) is 9.06. The van der Waals surface area contributed by atoms with Gasteiger partial charge >= 0.3 is 0 Å². The van der Waals surface area contributed by atoms with Gasteiger partial charge in [0.15, 0.2) is 11.5 Å². The molecule has 1 aliphatic rings. The molecule has 1 heterocycles. The minimum Gasteiger partial charge on any atom is -0.454 e. The first-order chi connectivity index (χ1) is 12.9. The summed E-state index contributed by atoms with van der Waals surface area (Å²) in [7, 11) is 0. The molecule has 2 aromatic carbocycles. The maximum Gasteiger partial charge on any atom is 0.236 e. The van der Waals surface area contributed by atoms with Crippen LogP contribution in [0.25, 0.3) is 0 Å². The largest absolute Gasteiger partial charge is 0.454 e. The van der Waals surface area contributed by atoms with Crippen LogP contribution in [0.15, 0.2) is 42.5 Å². The fourth-order valence-corrected chi connectivity index (χ4v) is 3.03. The van der Waals surface area contributed by atoms with E-state index in [1.54, 1.807) is 11.0 Å². The molecule has 2 aromatic rings. The van der Waals surface area contributed by atoms with Gasteiger partial charge in [-0.3, -0.25) is 10.1 Å². The number of nitrogens with one attached hydrogen (secondary N) is 1. The number of nitrogens with zero attached hydrogens (tertiary/aromatic N) is 1. The van der Waals surface area contributed by atoms with E-state index in [0.717, 1.165) is 22.6 Å². The minimum absolute atomic E-state index is 0.0319. The average molecular weight is 372 g/mol. The van der Waals surface area contributed by atoms with Crippen LogP contribution >= 0.6 is 0 Å². The van der Waals surface area contributed by atoms with Gasteiger partial charge in [0.2, 0.25) is 12.7 Å². The van der Waals surface area contributed by atoms with Gasteiger partial charge in [-0.05, 0) is 56.2 Å². The van der Waals surface area contributed by atoms with Crippen LogP contribution in [0.5, 0.6) is 11.5 Å². The summed E-state index contributed by atoms with van der Waals surface area (Å²) in [5, 5.41) is 3.32. The highest BCUT2D eigenvalue weighted by Gasteiger charge is 2.25. The summed E-state index contributed by atoms with van der Waals surface area (Å²) < 4.78 is 24.2. The van der Waals surface area contributed by atoms with Crippen molar-refractivity contribution in [2.75, 3.05) is 19.9 Å². The lowest BCUT2D eigenvalue weighted by molar-refractivity contribution is -0.131. The first-order valence-corrected chi connectivity index (χ1v) is 9.06. The number of amides is 1. The summed E-state index contributed by atoms with van der Waals surface area (Å²) in [6.45, 7) is 7.31. The Morgan fingerprint density at radius 1 is 1.19 bits per heavy atom. The van der Waals surface area contributed by atoms with Gasteiger partial charge in [-0.25, -0.2) is 4.39 Å². The monoisotopic (exact) mass is 372 g/mol. The Kier molecular flexibility index (Phi) is 5.65. The summed E-state index contributed by atoms with van der Waals surface area (Å²) >= 11 is 0. The summed E-state index contributed by atoms with van der Waals surface area (Å²) in [6, 6.07) is 12.1. The maximum absolute atomic E-state index is 13.4. The van der Waals surface area contributed by atoms with Crippen LogP contribution in [0.2, 0.25) is 0 Å². The van der Waals surface area contributed by atoms with Crippen molar-refractivity contribution in [2.24, 2.45) is 0 Å². The number of carbonyl (C=O) groups is 1. The summed E-state index contributed by atoms with van der Waals surface area (Å²) in [4.78, 5) is 14.4. The Bertz CT molecular complexity index is 823. The lowest BCUT2D eigenvalue weighted by Crippen LogP contribution is -2.44. The van der Waals surface area contributed by atoms with Gasteiger partial charge in [0.1, 0.15) is 5.82 Å². The number of likely N-dealkylation sites (N-methyl/N-ethyl adjacent to an activating group) is 1. The molecule has 1 N–H and O–H groups in total. The van der Waals surface area contributed by atoms with Gasteiger partial charge < -0.3 is 14.4 Å². The van der Waals surface area contributed by atoms with Gasteiger partial charge in [0, 0.05) is 18.6 Å². The number of carbonyl (C=O) groups excluding carboxylic acids is 1. The summed E-state index contributed by atoms with van der Waals surface area (Å²) in [5.41, 5.74) is 1.36. The van der Waals surface area contributed by atoms with E-state index in [4.69, 9.17) is 9.47 Å². The summed E-state index contributed by atoms with van der Waals surface area (Å²) in [6.07, 6.45) is 0. The number of halogens is 1. The Morgan fingerprint density at radius 3 is 2.70 bits per heavy atom. The summed E-state index contributed by atoms with van der Waals surface area (Å²) in [5.74, 6) is 1.13. The smallest absolute Gasteiger partial charge is 0.236 e. The highest BCUT2D eigenvalue weighted by Crippen LogP contribution is 2.35. The third kappa shape index (κ3) is 4.57. The first kappa shape index (κ1) is 19.2. The number of fused-ring (bicyclic) bond motifs is 1. The Morgan fingerprint density at radius 2 is 1.96 bits per heavy atom. The minimum atomic E-state index is -0.422. The average Bonchev–Trinajstić information content (AvgIpc) is 3.12. The van der Waals surface area contributed by atoms with Crippen molar-refractivity contribution < 1.29 is 18.7 Å². The Hall–Kier alpha value is -2.60. The molecule has 1 aliphatic heterocycles. The number of rotatable bonds is 7. The Balaban J connectivity index is 1.62. The predicted octanol–water partition coefficient (Wildman–Crippen LogP) is 3.43. The molecular weight excluding hydrogens is 347 g/mol. The molecule has 1 amide bonds. The zero-order valence-corrected chi connectivity index (χ0v) is 15.9. The lowest BCUT2D eigenvalue weighted by atomic mass is 9.94. The van der Waals surface area contributed by atoms with Crippen LogP contribution in [-0.4, -0.2) is 30.7 Å². The molecule has 0 radical (unpaired) electrons. The molecule has 6 heteroatoms. The second-order valence-corrected chi connectivity index (χ2v) is 7.08. The quantitative estimate of drug-likeness (QED) is 0.809. The molecule has 27 heavy (non-hydrogen) atoms. The van der Waals surface area contributed by atoms with E-state index in [1.807, 2.05) is 45.0 Å². The normalized spacial score (nSPS) is 12.9. The van der Waals surface area contributed by atoms with E-state index in [2.05, 4.69) is 5.32 Å². The SMILES string of the molecule is CCN(Cc1cccc(F)c1)C(=O)CNC(C)(C)c1ccc2c(c1)OCO2. The van der Waals surface area contributed by atoms with Gasteiger partial charge in [-0.2, -0.15) is 0 Å². The van der Waals surface area contributed by atoms with Crippen molar-refractivity contribution in [3.63, 3.8) is 0 Å². The lowest BCUT2D eigenvalue weighted by Gasteiger charge is -2.29. The fraction of sp³-hybridized carbons (Fsp3) is 0.381. The van der Waals surface area contributed by atoms with E-state index >= 15 is 0 Å².